The van der Waals surface area contributed by atoms with E-state index in [-0.39, 0.29) is 0 Å². The lowest BCUT2D eigenvalue weighted by atomic mass is 10.2. The highest BCUT2D eigenvalue weighted by Crippen LogP contribution is 2.27. The van der Waals surface area contributed by atoms with Crippen LogP contribution in [0.4, 0.5) is 0 Å². The van der Waals surface area contributed by atoms with Crippen molar-refractivity contribution in [1.82, 2.24) is 20.4 Å². The van der Waals surface area contributed by atoms with Gasteiger partial charge < -0.3 is 20.1 Å². The Balaban J connectivity index is 1.76. The van der Waals surface area contributed by atoms with Crippen LogP contribution in [0.15, 0.2) is 35.6 Å². The van der Waals surface area contributed by atoms with E-state index in [1.165, 1.54) is 5.56 Å². The lowest BCUT2D eigenvalue weighted by Crippen LogP contribution is -2.37. The molecule has 0 amide bonds. The molecule has 0 fully saturated rings. The quantitative estimate of drug-likeness (QED) is 0.433. The fourth-order valence-corrected chi connectivity index (χ4v) is 2.50. The number of benzene rings is 1. The van der Waals surface area contributed by atoms with Crippen molar-refractivity contribution in [2.75, 3.05) is 27.8 Å². The fraction of sp³-hybridized carbons (Fsp3) is 0.444. The Labute approximate surface area is 149 Å². The summed E-state index contributed by atoms with van der Waals surface area (Å²) in [6.07, 6.45) is 5.96. The van der Waals surface area contributed by atoms with Crippen LogP contribution in [0.5, 0.6) is 11.5 Å². The average Bonchev–Trinajstić information content (AvgIpc) is 3.06. The van der Waals surface area contributed by atoms with Crippen molar-refractivity contribution in [3.8, 4) is 11.5 Å². The summed E-state index contributed by atoms with van der Waals surface area (Å²) in [7, 11) is 6.97. The number of methoxy groups -OCH3 is 2. The minimum Gasteiger partial charge on any atom is -0.493 e. The third kappa shape index (κ3) is 5.70. The number of rotatable bonds is 8. The SMILES string of the molecule is CN=C(NCCCc1cnn(C)c1)NCc1ccc(OC)c(OC)c1. The Morgan fingerprint density at radius 2 is 1.96 bits per heavy atom. The molecule has 136 valence electrons. The zero-order valence-electron chi connectivity index (χ0n) is 15.4. The Hall–Kier alpha value is -2.70. The lowest BCUT2D eigenvalue weighted by Gasteiger charge is -2.13. The second-order valence-electron chi connectivity index (χ2n) is 5.67. The Morgan fingerprint density at radius 1 is 1.16 bits per heavy atom. The second kappa shape index (κ2) is 9.56. The number of aryl methyl sites for hydroxylation is 2. The van der Waals surface area contributed by atoms with Crippen LogP contribution in [-0.2, 0) is 20.0 Å². The number of hydrogen-bond donors (Lipinski definition) is 2. The summed E-state index contributed by atoms with van der Waals surface area (Å²) in [6, 6.07) is 5.87. The molecule has 2 aromatic rings. The van der Waals surface area contributed by atoms with Gasteiger partial charge in [0.15, 0.2) is 17.5 Å². The molecule has 2 N–H and O–H groups in total. The van der Waals surface area contributed by atoms with E-state index < -0.39 is 0 Å². The maximum absolute atomic E-state index is 5.33. The van der Waals surface area contributed by atoms with E-state index in [4.69, 9.17) is 9.47 Å². The van der Waals surface area contributed by atoms with Crippen LogP contribution in [0.2, 0.25) is 0 Å². The van der Waals surface area contributed by atoms with Crippen molar-refractivity contribution in [3.63, 3.8) is 0 Å². The predicted molar refractivity (Wildman–Crippen MR) is 99.3 cm³/mol. The van der Waals surface area contributed by atoms with Crippen molar-refractivity contribution in [2.24, 2.45) is 12.0 Å². The van der Waals surface area contributed by atoms with E-state index in [2.05, 4.69) is 20.7 Å². The molecule has 1 heterocycles. The van der Waals surface area contributed by atoms with Crippen molar-refractivity contribution < 1.29 is 9.47 Å². The molecule has 2 rings (SSSR count). The van der Waals surface area contributed by atoms with E-state index in [1.54, 1.807) is 21.3 Å². The molecule has 0 aliphatic rings. The molecule has 0 aliphatic carbocycles. The van der Waals surface area contributed by atoms with Crippen LogP contribution in [0, 0.1) is 0 Å². The maximum atomic E-state index is 5.33. The summed E-state index contributed by atoms with van der Waals surface area (Å²) in [5.41, 5.74) is 2.34. The van der Waals surface area contributed by atoms with Gasteiger partial charge in [-0.2, -0.15) is 5.10 Å². The molecule has 0 unspecified atom stereocenters. The van der Waals surface area contributed by atoms with Crippen LogP contribution in [0.3, 0.4) is 0 Å². The Morgan fingerprint density at radius 3 is 2.60 bits per heavy atom. The zero-order valence-corrected chi connectivity index (χ0v) is 15.4. The third-order valence-electron chi connectivity index (χ3n) is 3.82. The molecule has 0 saturated heterocycles. The third-order valence-corrected chi connectivity index (χ3v) is 3.82. The normalized spacial score (nSPS) is 11.3. The van der Waals surface area contributed by atoms with Gasteiger partial charge in [-0.1, -0.05) is 6.07 Å². The van der Waals surface area contributed by atoms with Gasteiger partial charge in [0.2, 0.25) is 0 Å². The first-order valence-electron chi connectivity index (χ1n) is 8.29. The van der Waals surface area contributed by atoms with Gasteiger partial charge in [0, 0.05) is 33.4 Å². The number of ether oxygens (including phenoxy) is 2. The number of nitrogens with one attached hydrogen (secondary N) is 2. The highest BCUT2D eigenvalue weighted by molar-refractivity contribution is 5.79. The van der Waals surface area contributed by atoms with E-state index in [9.17, 15) is 0 Å². The number of aliphatic imine (C=N–C) groups is 1. The molecule has 1 aromatic carbocycles. The summed E-state index contributed by atoms with van der Waals surface area (Å²) >= 11 is 0. The van der Waals surface area contributed by atoms with Crippen molar-refractivity contribution >= 4 is 5.96 Å². The van der Waals surface area contributed by atoms with Crippen LogP contribution in [0.1, 0.15) is 17.5 Å². The van der Waals surface area contributed by atoms with E-state index in [0.29, 0.717) is 6.54 Å². The summed E-state index contributed by atoms with van der Waals surface area (Å²) in [4.78, 5) is 4.25. The molecule has 7 nitrogen and oxygen atoms in total. The van der Waals surface area contributed by atoms with Crippen molar-refractivity contribution in [1.29, 1.82) is 0 Å². The van der Waals surface area contributed by atoms with Crippen LogP contribution >= 0.6 is 0 Å². The van der Waals surface area contributed by atoms with Crippen LogP contribution in [0.25, 0.3) is 0 Å². The van der Waals surface area contributed by atoms with Crippen LogP contribution < -0.4 is 20.1 Å². The first-order valence-corrected chi connectivity index (χ1v) is 8.29. The summed E-state index contributed by atoms with van der Waals surface area (Å²) < 4.78 is 12.4. The minimum absolute atomic E-state index is 0.655. The Kier molecular flexibility index (Phi) is 7.13. The molecule has 0 saturated carbocycles. The number of aromatic nitrogens is 2. The van der Waals surface area contributed by atoms with Crippen LogP contribution in [-0.4, -0.2) is 43.6 Å². The van der Waals surface area contributed by atoms with Gasteiger partial charge in [0.1, 0.15) is 0 Å². The number of hydrogen-bond acceptors (Lipinski definition) is 4. The summed E-state index contributed by atoms with van der Waals surface area (Å²) in [5.74, 6) is 2.23. The average molecular weight is 345 g/mol. The molecule has 0 aliphatic heterocycles. The molecule has 7 heteroatoms. The molecule has 1 aromatic heterocycles. The minimum atomic E-state index is 0.655. The second-order valence-corrected chi connectivity index (χ2v) is 5.67. The molecule has 25 heavy (non-hydrogen) atoms. The lowest BCUT2D eigenvalue weighted by molar-refractivity contribution is 0.354. The van der Waals surface area contributed by atoms with Crippen molar-refractivity contribution in [3.05, 3.63) is 41.7 Å². The van der Waals surface area contributed by atoms with E-state index in [0.717, 1.165) is 42.4 Å². The molecular weight excluding hydrogens is 318 g/mol. The summed E-state index contributed by atoms with van der Waals surface area (Å²) in [6.45, 7) is 1.50. The van der Waals surface area contributed by atoms with Gasteiger partial charge in [-0.15, -0.1) is 0 Å². The standard InChI is InChI=1S/C18H27N5O2/c1-19-18(20-9-5-6-15-12-22-23(2)13-15)21-11-14-7-8-16(24-3)17(10-14)25-4/h7-8,10,12-13H,5-6,9,11H2,1-4H3,(H2,19,20,21). The van der Waals surface area contributed by atoms with Gasteiger partial charge in [-0.25, -0.2) is 0 Å². The van der Waals surface area contributed by atoms with Gasteiger partial charge in [0.05, 0.1) is 20.4 Å². The fourth-order valence-electron chi connectivity index (χ4n) is 2.50. The van der Waals surface area contributed by atoms with Gasteiger partial charge in [-0.05, 0) is 36.1 Å². The predicted octanol–water partition coefficient (Wildman–Crippen LogP) is 1.74. The van der Waals surface area contributed by atoms with E-state index >= 15 is 0 Å². The molecule has 0 radical (unpaired) electrons. The first kappa shape index (κ1) is 18.6. The van der Waals surface area contributed by atoms with Gasteiger partial charge in [-0.3, -0.25) is 9.67 Å². The maximum Gasteiger partial charge on any atom is 0.191 e. The zero-order chi connectivity index (χ0) is 18.1. The van der Waals surface area contributed by atoms with Gasteiger partial charge in [0.25, 0.3) is 0 Å². The highest BCUT2D eigenvalue weighted by Gasteiger charge is 2.05. The monoisotopic (exact) mass is 345 g/mol. The van der Waals surface area contributed by atoms with E-state index in [1.807, 2.05) is 42.3 Å². The smallest absolute Gasteiger partial charge is 0.191 e. The molecule has 0 bridgehead atoms. The largest absolute Gasteiger partial charge is 0.493 e. The first-order chi connectivity index (χ1) is 12.2. The topological polar surface area (TPSA) is 72.7 Å². The molecular formula is C18H27N5O2. The Bertz CT molecular complexity index is 697. The van der Waals surface area contributed by atoms with Crippen molar-refractivity contribution in [2.45, 2.75) is 19.4 Å². The number of nitrogens with zero attached hydrogens (tertiary/aromatic N) is 3. The highest BCUT2D eigenvalue weighted by atomic mass is 16.5. The molecule has 0 atom stereocenters. The number of guanidine groups is 1. The van der Waals surface area contributed by atoms with Gasteiger partial charge >= 0.3 is 0 Å². The summed E-state index contributed by atoms with van der Waals surface area (Å²) in [5, 5.41) is 10.8. The molecule has 0 spiro atoms.